The molecular weight excluding hydrogens is 523 g/mol. The van der Waals surface area contributed by atoms with E-state index in [1.807, 2.05) is 0 Å². The molecule has 1 aliphatic heterocycles. The summed E-state index contributed by atoms with van der Waals surface area (Å²) in [6.45, 7) is -0.339. The Morgan fingerprint density at radius 3 is 2.00 bits per heavy atom. The Balaban J connectivity index is 1.64. The number of imide groups is 1. The van der Waals surface area contributed by atoms with Gasteiger partial charge in [0.25, 0.3) is 17.7 Å². The molecule has 0 unspecified atom stereocenters. The van der Waals surface area contributed by atoms with Crippen molar-refractivity contribution < 1.29 is 46.8 Å². The SMILES string of the molecule is O=C(N[C@@H](CCCCNC(=O)C(F)(F)F)C(=O)ON1C(=O)CCC1=O)c1ccc(C(=O)c2ccccc2)cc1. The van der Waals surface area contributed by atoms with Crippen LogP contribution in [0.25, 0.3) is 0 Å². The summed E-state index contributed by atoms with van der Waals surface area (Å²) in [6, 6.07) is 12.7. The van der Waals surface area contributed by atoms with Crippen molar-refractivity contribution >= 4 is 35.4 Å². The molecule has 1 heterocycles. The molecule has 1 saturated heterocycles. The molecule has 2 aromatic carbocycles. The lowest BCUT2D eigenvalue weighted by Crippen LogP contribution is -2.45. The number of amides is 4. The number of nitrogens with one attached hydrogen (secondary N) is 2. The van der Waals surface area contributed by atoms with Gasteiger partial charge in [0.2, 0.25) is 0 Å². The van der Waals surface area contributed by atoms with Crippen LogP contribution < -0.4 is 10.6 Å². The molecule has 0 bridgehead atoms. The van der Waals surface area contributed by atoms with Crippen LogP contribution in [0.4, 0.5) is 13.2 Å². The van der Waals surface area contributed by atoms with E-state index in [1.165, 1.54) is 24.3 Å². The molecule has 0 saturated carbocycles. The first-order chi connectivity index (χ1) is 18.5. The number of benzene rings is 2. The van der Waals surface area contributed by atoms with Crippen LogP contribution in [-0.2, 0) is 24.0 Å². The summed E-state index contributed by atoms with van der Waals surface area (Å²) >= 11 is 0. The van der Waals surface area contributed by atoms with Crippen LogP contribution in [-0.4, -0.2) is 59.2 Å². The van der Waals surface area contributed by atoms with E-state index in [4.69, 9.17) is 4.84 Å². The molecule has 0 spiro atoms. The van der Waals surface area contributed by atoms with E-state index in [-0.39, 0.29) is 50.0 Å². The van der Waals surface area contributed by atoms with Gasteiger partial charge >= 0.3 is 18.1 Å². The van der Waals surface area contributed by atoms with E-state index in [2.05, 4.69) is 5.32 Å². The first-order valence-electron chi connectivity index (χ1n) is 11.9. The van der Waals surface area contributed by atoms with Crippen LogP contribution in [0.2, 0.25) is 0 Å². The molecule has 206 valence electrons. The molecule has 0 aliphatic carbocycles. The molecule has 1 aliphatic rings. The number of hydroxylamine groups is 2. The number of hydrogen-bond donors (Lipinski definition) is 2. The monoisotopic (exact) mass is 547 g/mol. The van der Waals surface area contributed by atoms with E-state index in [0.717, 1.165) is 0 Å². The normalized spacial score (nSPS) is 14.1. The minimum atomic E-state index is -5.03. The van der Waals surface area contributed by atoms with Crippen LogP contribution in [0.5, 0.6) is 0 Å². The van der Waals surface area contributed by atoms with E-state index < -0.39 is 41.8 Å². The fraction of sp³-hybridized carbons (Fsp3) is 0.308. The topological polar surface area (TPSA) is 139 Å². The highest BCUT2D eigenvalue weighted by Gasteiger charge is 2.38. The second-order valence-electron chi connectivity index (χ2n) is 8.54. The fourth-order valence-electron chi connectivity index (χ4n) is 3.61. The third kappa shape index (κ3) is 7.97. The number of carbonyl (C=O) groups is 6. The van der Waals surface area contributed by atoms with Gasteiger partial charge in [-0.2, -0.15) is 13.2 Å². The van der Waals surface area contributed by atoms with Crippen molar-refractivity contribution in [2.75, 3.05) is 6.54 Å². The second kappa shape index (κ2) is 12.8. The van der Waals surface area contributed by atoms with Gasteiger partial charge in [-0.3, -0.25) is 24.0 Å². The predicted molar refractivity (Wildman–Crippen MR) is 128 cm³/mol. The van der Waals surface area contributed by atoms with Gasteiger partial charge in [-0.25, -0.2) is 4.79 Å². The highest BCUT2D eigenvalue weighted by Crippen LogP contribution is 2.16. The maximum Gasteiger partial charge on any atom is 0.471 e. The highest BCUT2D eigenvalue weighted by atomic mass is 19.4. The van der Waals surface area contributed by atoms with Gasteiger partial charge in [0.1, 0.15) is 6.04 Å². The third-order valence-corrected chi connectivity index (χ3v) is 5.68. The van der Waals surface area contributed by atoms with Gasteiger partial charge in [0.05, 0.1) is 0 Å². The summed E-state index contributed by atoms with van der Waals surface area (Å²) < 4.78 is 36.9. The molecule has 0 radical (unpaired) electrons. The summed E-state index contributed by atoms with van der Waals surface area (Å²) in [4.78, 5) is 77.5. The van der Waals surface area contributed by atoms with E-state index in [9.17, 15) is 41.9 Å². The molecular formula is C26H24F3N3O7. The fourth-order valence-corrected chi connectivity index (χ4v) is 3.61. The van der Waals surface area contributed by atoms with Crippen molar-refractivity contribution in [2.24, 2.45) is 0 Å². The largest absolute Gasteiger partial charge is 0.471 e. The predicted octanol–water partition coefficient (Wildman–Crippen LogP) is 2.47. The Bertz CT molecular complexity index is 1230. The molecule has 2 N–H and O–H groups in total. The molecule has 1 fully saturated rings. The Hall–Kier alpha value is -4.55. The molecule has 39 heavy (non-hydrogen) atoms. The minimum Gasteiger partial charge on any atom is -0.348 e. The van der Waals surface area contributed by atoms with Gasteiger partial charge in [-0.05, 0) is 31.4 Å². The molecule has 3 rings (SSSR count). The molecule has 10 nitrogen and oxygen atoms in total. The Labute approximate surface area is 220 Å². The van der Waals surface area contributed by atoms with Crippen molar-refractivity contribution in [3.8, 4) is 0 Å². The number of hydrogen-bond acceptors (Lipinski definition) is 7. The summed E-state index contributed by atoms with van der Waals surface area (Å²) in [7, 11) is 0. The van der Waals surface area contributed by atoms with Crippen molar-refractivity contribution in [1.29, 1.82) is 0 Å². The highest BCUT2D eigenvalue weighted by molar-refractivity contribution is 6.09. The lowest BCUT2D eigenvalue weighted by Gasteiger charge is -2.20. The first-order valence-corrected chi connectivity index (χ1v) is 11.9. The summed E-state index contributed by atoms with van der Waals surface area (Å²) in [5.74, 6) is -5.69. The summed E-state index contributed by atoms with van der Waals surface area (Å²) in [5, 5.41) is 4.44. The van der Waals surface area contributed by atoms with Crippen LogP contribution in [0.15, 0.2) is 54.6 Å². The number of halogens is 3. The van der Waals surface area contributed by atoms with Gasteiger partial charge in [0, 0.05) is 36.1 Å². The zero-order valence-electron chi connectivity index (χ0n) is 20.5. The number of alkyl halides is 3. The van der Waals surface area contributed by atoms with E-state index in [0.29, 0.717) is 16.2 Å². The Morgan fingerprint density at radius 1 is 0.846 bits per heavy atom. The third-order valence-electron chi connectivity index (χ3n) is 5.68. The Kier molecular flexibility index (Phi) is 9.52. The number of unbranched alkanes of at least 4 members (excludes halogenated alkanes) is 1. The van der Waals surface area contributed by atoms with Crippen LogP contribution >= 0.6 is 0 Å². The van der Waals surface area contributed by atoms with E-state index in [1.54, 1.807) is 35.6 Å². The lowest BCUT2D eigenvalue weighted by atomic mass is 10.0. The lowest BCUT2D eigenvalue weighted by molar-refractivity contribution is -0.199. The molecule has 4 amide bonds. The van der Waals surface area contributed by atoms with Gasteiger partial charge in [-0.15, -0.1) is 5.06 Å². The van der Waals surface area contributed by atoms with Crippen molar-refractivity contribution in [1.82, 2.24) is 15.7 Å². The molecule has 1 atom stereocenters. The van der Waals surface area contributed by atoms with Gasteiger partial charge in [-0.1, -0.05) is 42.5 Å². The molecule has 2 aromatic rings. The maximum absolute atomic E-state index is 12.8. The smallest absolute Gasteiger partial charge is 0.348 e. The van der Waals surface area contributed by atoms with Gasteiger partial charge in [0.15, 0.2) is 5.78 Å². The summed E-state index contributed by atoms with van der Waals surface area (Å²) in [5.41, 5.74) is 0.860. The number of rotatable bonds is 11. The minimum absolute atomic E-state index is 0.0271. The second-order valence-corrected chi connectivity index (χ2v) is 8.54. The van der Waals surface area contributed by atoms with Crippen LogP contribution in [0.3, 0.4) is 0 Å². The van der Waals surface area contributed by atoms with Crippen molar-refractivity contribution in [3.63, 3.8) is 0 Å². The average molecular weight is 547 g/mol. The zero-order chi connectivity index (χ0) is 28.6. The number of carbonyl (C=O) groups excluding carboxylic acids is 6. The maximum atomic E-state index is 12.8. The van der Waals surface area contributed by atoms with E-state index >= 15 is 0 Å². The number of ketones is 1. The zero-order valence-corrected chi connectivity index (χ0v) is 20.5. The van der Waals surface area contributed by atoms with Crippen LogP contribution in [0.1, 0.15) is 58.4 Å². The standard InChI is InChI=1S/C26H24F3N3O7/c27-26(28,29)25(38)30-15-5-4-8-19(24(37)39-32-20(33)13-14-21(32)34)31-23(36)18-11-9-17(10-12-18)22(35)16-6-2-1-3-7-16/h1-3,6-7,9-12,19H,4-5,8,13-15H2,(H,30,38)(H,31,36)/t19-/m0/s1. The molecule has 13 heteroatoms. The number of nitrogens with zero attached hydrogens (tertiary/aromatic N) is 1. The van der Waals surface area contributed by atoms with Crippen LogP contribution in [0, 0.1) is 0 Å². The first kappa shape index (κ1) is 29.0. The molecule has 0 aromatic heterocycles. The van der Waals surface area contributed by atoms with Crippen molar-refractivity contribution in [2.45, 2.75) is 44.3 Å². The summed E-state index contributed by atoms with van der Waals surface area (Å²) in [6.07, 6.45) is -5.35. The average Bonchev–Trinajstić information content (AvgIpc) is 3.23. The van der Waals surface area contributed by atoms with Crippen molar-refractivity contribution in [3.05, 3.63) is 71.3 Å². The van der Waals surface area contributed by atoms with Gasteiger partial charge < -0.3 is 15.5 Å². The quantitative estimate of drug-likeness (QED) is 0.250. The Morgan fingerprint density at radius 2 is 1.41 bits per heavy atom.